The summed E-state index contributed by atoms with van der Waals surface area (Å²) in [6.07, 6.45) is 1.62. The maximum atomic E-state index is 11.0. The molecule has 2 rings (SSSR count). The summed E-state index contributed by atoms with van der Waals surface area (Å²) in [5.41, 5.74) is 1.48. The molecule has 1 N–H and O–H groups in total. The van der Waals surface area contributed by atoms with Gasteiger partial charge in [0, 0.05) is 0 Å². The van der Waals surface area contributed by atoms with E-state index in [0.29, 0.717) is 11.5 Å². The van der Waals surface area contributed by atoms with E-state index in [1.54, 1.807) is 6.07 Å². The Morgan fingerprint density at radius 3 is 2.47 bits per heavy atom. The molecule has 0 aliphatic rings. The maximum Gasteiger partial charge on any atom is 0.154 e. The Bertz CT molecular complexity index is 556. The number of phenolic OH excluding ortho intramolecular Hbond substituents is 1. The molecule has 0 atom stereocenters. The molecular formula is C15H16O2. The molecule has 0 amide bonds. The van der Waals surface area contributed by atoms with Gasteiger partial charge in [-0.3, -0.25) is 4.79 Å². The standard InChI is InChI=1S/C15H16O2/c1-10(2)7-11-8-15(17)14(9-16)13-6-4-3-5-12(11)13/h3-6,8-10,17H,7H2,1-2H3. The van der Waals surface area contributed by atoms with Gasteiger partial charge in [0.1, 0.15) is 5.75 Å². The minimum absolute atomic E-state index is 0.0781. The fourth-order valence-corrected chi connectivity index (χ4v) is 2.19. The molecule has 2 nitrogen and oxygen atoms in total. The molecule has 0 heterocycles. The number of carbonyl (C=O) groups excluding carboxylic acids is 1. The number of fused-ring (bicyclic) bond motifs is 1. The molecular weight excluding hydrogens is 212 g/mol. The zero-order valence-electron chi connectivity index (χ0n) is 10.1. The summed E-state index contributed by atoms with van der Waals surface area (Å²) in [5, 5.41) is 11.8. The van der Waals surface area contributed by atoms with E-state index in [0.717, 1.165) is 29.0 Å². The third-order valence-corrected chi connectivity index (χ3v) is 2.90. The highest BCUT2D eigenvalue weighted by Gasteiger charge is 2.11. The lowest BCUT2D eigenvalue weighted by Gasteiger charge is -2.12. The highest BCUT2D eigenvalue weighted by atomic mass is 16.3. The Hall–Kier alpha value is -1.83. The van der Waals surface area contributed by atoms with Crippen molar-refractivity contribution in [2.45, 2.75) is 20.3 Å². The van der Waals surface area contributed by atoms with Crippen LogP contribution in [0.15, 0.2) is 30.3 Å². The average Bonchev–Trinajstić information content (AvgIpc) is 2.28. The number of aromatic hydroxyl groups is 1. The summed E-state index contributed by atoms with van der Waals surface area (Å²) in [4.78, 5) is 11.0. The van der Waals surface area contributed by atoms with Gasteiger partial charge < -0.3 is 5.11 Å². The van der Waals surface area contributed by atoms with Crippen molar-refractivity contribution in [3.8, 4) is 5.75 Å². The van der Waals surface area contributed by atoms with E-state index in [1.165, 1.54) is 0 Å². The topological polar surface area (TPSA) is 37.3 Å². The molecule has 2 heteroatoms. The number of benzene rings is 2. The molecule has 0 fully saturated rings. The highest BCUT2D eigenvalue weighted by Crippen LogP contribution is 2.30. The zero-order chi connectivity index (χ0) is 12.4. The lowest BCUT2D eigenvalue weighted by atomic mass is 9.94. The number of rotatable bonds is 3. The molecule has 0 saturated carbocycles. The van der Waals surface area contributed by atoms with Crippen molar-refractivity contribution in [1.29, 1.82) is 0 Å². The number of hydrogen-bond donors (Lipinski definition) is 1. The molecule has 0 bridgehead atoms. The average molecular weight is 228 g/mol. The van der Waals surface area contributed by atoms with E-state index in [-0.39, 0.29) is 5.75 Å². The molecule has 0 radical (unpaired) electrons. The predicted octanol–water partition coefficient (Wildman–Crippen LogP) is 3.56. The van der Waals surface area contributed by atoms with Gasteiger partial charge in [-0.2, -0.15) is 0 Å². The quantitative estimate of drug-likeness (QED) is 0.815. The minimum atomic E-state index is 0.0781. The fraction of sp³-hybridized carbons (Fsp3) is 0.267. The second kappa shape index (κ2) is 4.58. The van der Waals surface area contributed by atoms with Crippen LogP contribution < -0.4 is 0 Å². The Balaban J connectivity index is 2.74. The van der Waals surface area contributed by atoms with E-state index in [2.05, 4.69) is 13.8 Å². The van der Waals surface area contributed by atoms with E-state index < -0.39 is 0 Å². The lowest BCUT2D eigenvalue weighted by Crippen LogP contribution is -1.97. The van der Waals surface area contributed by atoms with E-state index in [1.807, 2.05) is 24.3 Å². The third-order valence-electron chi connectivity index (χ3n) is 2.90. The molecule has 0 aliphatic heterocycles. The van der Waals surface area contributed by atoms with Gasteiger partial charge in [0.2, 0.25) is 0 Å². The lowest BCUT2D eigenvalue weighted by molar-refractivity contribution is 0.112. The van der Waals surface area contributed by atoms with Gasteiger partial charge in [-0.25, -0.2) is 0 Å². The second-order valence-electron chi connectivity index (χ2n) is 4.73. The van der Waals surface area contributed by atoms with Crippen LogP contribution in [0.5, 0.6) is 5.75 Å². The minimum Gasteiger partial charge on any atom is -0.507 e. The third kappa shape index (κ3) is 2.16. The highest BCUT2D eigenvalue weighted by molar-refractivity contribution is 6.02. The smallest absolute Gasteiger partial charge is 0.154 e. The molecule has 0 saturated heterocycles. The van der Waals surface area contributed by atoms with E-state index in [4.69, 9.17) is 0 Å². The molecule has 17 heavy (non-hydrogen) atoms. The monoisotopic (exact) mass is 228 g/mol. The molecule has 88 valence electrons. The van der Waals surface area contributed by atoms with Crippen molar-refractivity contribution in [2.75, 3.05) is 0 Å². The van der Waals surface area contributed by atoms with E-state index in [9.17, 15) is 9.90 Å². The Morgan fingerprint density at radius 1 is 1.24 bits per heavy atom. The summed E-state index contributed by atoms with van der Waals surface area (Å²) in [6.45, 7) is 4.28. The predicted molar refractivity (Wildman–Crippen MR) is 69.5 cm³/mol. The molecule has 2 aromatic carbocycles. The first-order valence-electron chi connectivity index (χ1n) is 5.82. The van der Waals surface area contributed by atoms with Crippen LogP contribution in [0.1, 0.15) is 29.8 Å². The molecule has 0 unspecified atom stereocenters. The zero-order valence-corrected chi connectivity index (χ0v) is 10.1. The first kappa shape index (κ1) is 11.6. The summed E-state index contributed by atoms with van der Waals surface area (Å²) >= 11 is 0. The van der Waals surface area contributed by atoms with Crippen LogP contribution in [0.3, 0.4) is 0 Å². The van der Waals surface area contributed by atoms with Gasteiger partial charge in [-0.05, 0) is 34.7 Å². The number of aldehydes is 1. The van der Waals surface area contributed by atoms with Crippen molar-refractivity contribution in [3.05, 3.63) is 41.5 Å². The second-order valence-corrected chi connectivity index (χ2v) is 4.73. The Morgan fingerprint density at radius 2 is 1.88 bits per heavy atom. The first-order chi connectivity index (χ1) is 8.13. The normalized spacial score (nSPS) is 11.0. The largest absolute Gasteiger partial charge is 0.507 e. The molecule has 0 aliphatic carbocycles. The number of phenols is 1. The molecule has 2 aromatic rings. The number of carbonyl (C=O) groups is 1. The summed E-state index contributed by atoms with van der Waals surface area (Å²) in [6, 6.07) is 9.43. The van der Waals surface area contributed by atoms with Gasteiger partial charge >= 0.3 is 0 Å². The SMILES string of the molecule is CC(C)Cc1cc(O)c(C=O)c2ccccc12. The molecule has 0 aromatic heterocycles. The van der Waals surface area contributed by atoms with Gasteiger partial charge in [-0.15, -0.1) is 0 Å². The van der Waals surface area contributed by atoms with Crippen LogP contribution in [-0.2, 0) is 6.42 Å². The van der Waals surface area contributed by atoms with Crippen molar-refractivity contribution in [1.82, 2.24) is 0 Å². The van der Waals surface area contributed by atoms with Gasteiger partial charge in [-0.1, -0.05) is 38.1 Å². The maximum absolute atomic E-state index is 11.0. The van der Waals surface area contributed by atoms with Crippen LogP contribution >= 0.6 is 0 Å². The van der Waals surface area contributed by atoms with Gasteiger partial charge in [0.05, 0.1) is 5.56 Å². The first-order valence-corrected chi connectivity index (χ1v) is 5.82. The summed E-state index contributed by atoms with van der Waals surface area (Å²) in [7, 11) is 0. The van der Waals surface area contributed by atoms with Gasteiger partial charge in [0.15, 0.2) is 6.29 Å². The van der Waals surface area contributed by atoms with Gasteiger partial charge in [0.25, 0.3) is 0 Å². The molecule has 0 spiro atoms. The van der Waals surface area contributed by atoms with E-state index >= 15 is 0 Å². The summed E-state index contributed by atoms with van der Waals surface area (Å²) < 4.78 is 0. The van der Waals surface area contributed by atoms with Crippen LogP contribution in [0.2, 0.25) is 0 Å². The Labute approximate surface area is 101 Å². The van der Waals surface area contributed by atoms with Crippen LogP contribution in [0.4, 0.5) is 0 Å². The summed E-state index contributed by atoms with van der Waals surface area (Å²) in [5.74, 6) is 0.592. The Kier molecular flexibility index (Phi) is 3.14. The van der Waals surface area contributed by atoms with Crippen molar-refractivity contribution in [2.24, 2.45) is 5.92 Å². The van der Waals surface area contributed by atoms with Crippen LogP contribution in [0.25, 0.3) is 10.8 Å². The van der Waals surface area contributed by atoms with Crippen molar-refractivity contribution >= 4 is 17.1 Å². The fourth-order valence-electron chi connectivity index (χ4n) is 2.19. The van der Waals surface area contributed by atoms with Crippen LogP contribution in [-0.4, -0.2) is 11.4 Å². The number of hydrogen-bond acceptors (Lipinski definition) is 2. The van der Waals surface area contributed by atoms with Crippen LogP contribution in [0, 0.1) is 5.92 Å². The van der Waals surface area contributed by atoms with Crippen molar-refractivity contribution in [3.63, 3.8) is 0 Å². The van der Waals surface area contributed by atoms with Crippen molar-refractivity contribution < 1.29 is 9.90 Å².